The molecule has 0 aromatic heterocycles. The zero-order chi connectivity index (χ0) is 13.2. The Labute approximate surface area is 114 Å². The molecule has 0 spiro atoms. The minimum atomic E-state index is -0.428. The topological polar surface area (TPSA) is 55.1 Å². The van der Waals surface area contributed by atoms with Crippen LogP contribution in [0, 0.1) is 11.8 Å². The van der Waals surface area contributed by atoms with Crippen LogP contribution in [0.5, 0.6) is 0 Å². The minimum Gasteiger partial charge on any atom is -0.351 e. The highest BCUT2D eigenvalue weighted by atomic mass is 16.2. The highest BCUT2D eigenvalue weighted by molar-refractivity contribution is 5.82. The molecule has 19 heavy (non-hydrogen) atoms. The molecule has 3 N–H and O–H groups in total. The molecule has 3 nitrogen and oxygen atoms in total. The molecule has 3 heteroatoms. The van der Waals surface area contributed by atoms with Crippen LogP contribution in [0.1, 0.15) is 31.2 Å². The van der Waals surface area contributed by atoms with Gasteiger partial charge in [-0.25, -0.2) is 0 Å². The zero-order valence-electron chi connectivity index (χ0n) is 11.2. The van der Waals surface area contributed by atoms with Gasteiger partial charge in [0.2, 0.25) is 5.91 Å². The predicted octanol–water partition coefficient (Wildman–Crippen LogP) is 1.86. The first kappa shape index (κ1) is 12.7. The van der Waals surface area contributed by atoms with Gasteiger partial charge in [0.1, 0.15) is 0 Å². The standard InChI is InChI=1S/C16H22N2O/c17-14(10-11-4-2-1-3-5-11)16(19)18-15(12-6-7-12)13-8-9-13/h1-5,12-15H,6-10,17H2,(H,18,19). The maximum absolute atomic E-state index is 12.2. The summed E-state index contributed by atoms with van der Waals surface area (Å²) in [6.45, 7) is 0. The van der Waals surface area contributed by atoms with Crippen molar-refractivity contribution in [2.24, 2.45) is 17.6 Å². The molecule has 2 aliphatic rings. The number of rotatable bonds is 6. The van der Waals surface area contributed by atoms with Gasteiger partial charge in [0.15, 0.2) is 0 Å². The smallest absolute Gasteiger partial charge is 0.237 e. The van der Waals surface area contributed by atoms with Gasteiger partial charge in [-0.1, -0.05) is 30.3 Å². The van der Waals surface area contributed by atoms with Crippen LogP contribution in [0.15, 0.2) is 30.3 Å². The van der Waals surface area contributed by atoms with Gasteiger partial charge in [-0.2, -0.15) is 0 Å². The average molecular weight is 258 g/mol. The lowest BCUT2D eigenvalue weighted by Crippen LogP contribution is -2.48. The first-order valence-corrected chi connectivity index (χ1v) is 7.34. The first-order valence-electron chi connectivity index (χ1n) is 7.34. The van der Waals surface area contributed by atoms with Crippen molar-refractivity contribution < 1.29 is 4.79 Å². The summed E-state index contributed by atoms with van der Waals surface area (Å²) in [6, 6.07) is 9.95. The number of hydrogen-bond acceptors (Lipinski definition) is 2. The van der Waals surface area contributed by atoms with Crippen molar-refractivity contribution in [1.82, 2.24) is 5.32 Å². The molecule has 0 heterocycles. The van der Waals surface area contributed by atoms with Gasteiger partial charge < -0.3 is 11.1 Å². The minimum absolute atomic E-state index is 0.0210. The summed E-state index contributed by atoms with van der Waals surface area (Å²) in [5.74, 6) is 1.47. The third-order valence-corrected chi connectivity index (χ3v) is 4.20. The van der Waals surface area contributed by atoms with E-state index in [2.05, 4.69) is 5.32 Å². The number of nitrogens with one attached hydrogen (secondary N) is 1. The molecule has 1 aromatic rings. The lowest BCUT2D eigenvalue weighted by molar-refractivity contribution is -0.123. The molecule has 1 amide bonds. The fourth-order valence-electron chi connectivity index (χ4n) is 2.76. The van der Waals surface area contributed by atoms with Crippen LogP contribution in [0.3, 0.4) is 0 Å². The molecule has 0 aliphatic heterocycles. The Balaban J connectivity index is 1.54. The summed E-state index contributed by atoms with van der Waals surface area (Å²) in [7, 11) is 0. The van der Waals surface area contributed by atoms with Crippen molar-refractivity contribution in [2.75, 3.05) is 0 Å². The van der Waals surface area contributed by atoms with E-state index in [0.29, 0.717) is 12.5 Å². The number of benzene rings is 1. The van der Waals surface area contributed by atoms with E-state index in [1.54, 1.807) is 0 Å². The molecule has 0 saturated heterocycles. The van der Waals surface area contributed by atoms with E-state index in [1.807, 2.05) is 30.3 Å². The summed E-state index contributed by atoms with van der Waals surface area (Å²) in [5.41, 5.74) is 7.15. The summed E-state index contributed by atoms with van der Waals surface area (Å²) < 4.78 is 0. The summed E-state index contributed by atoms with van der Waals surface area (Å²) in [5, 5.41) is 3.20. The van der Waals surface area contributed by atoms with Crippen molar-refractivity contribution in [3.8, 4) is 0 Å². The Morgan fingerprint density at radius 1 is 1.16 bits per heavy atom. The number of hydrogen-bond donors (Lipinski definition) is 2. The van der Waals surface area contributed by atoms with Crippen LogP contribution in [0.25, 0.3) is 0 Å². The van der Waals surface area contributed by atoms with Crippen molar-refractivity contribution >= 4 is 5.91 Å². The van der Waals surface area contributed by atoms with Crippen LogP contribution in [0.4, 0.5) is 0 Å². The van der Waals surface area contributed by atoms with E-state index in [1.165, 1.54) is 25.7 Å². The molecule has 0 bridgehead atoms. The van der Waals surface area contributed by atoms with Gasteiger partial charge in [-0.3, -0.25) is 4.79 Å². The molecule has 1 unspecified atom stereocenters. The summed E-state index contributed by atoms with van der Waals surface area (Å²) in [4.78, 5) is 12.2. The lowest BCUT2D eigenvalue weighted by atomic mass is 10.0. The van der Waals surface area contributed by atoms with Gasteiger partial charge in [-0.15, -0.1) is 0 Å². The molecule has 3 rings (SSSR count). The molecule has 1 aromatic carbocycles. The second-order valence-corrected chi connectivity index (χ2v) is 6.01. The van der Waals surface area contributed by atoms with Crippen molar-refractivity contribution in [3.63, 3.8) is 0 Å². The largest absolute Gasteiger partial charge is 0.351 e. The Bertz CT molecular complexity index is 425. The van der Waals surface area contributed by atoms with E-state index in [9.17, 15) is 4.79 Å². The fraction of sp³-hybridized carbons (Fsp3) is 0.562. The van der Waals surface area contributed by atoms with Gasteiger partial charge in [-0.05, 0) is 49.5 Å². The number of nitrogens with two attached hydrogens (primary N) is 1. The van der Waals surface area contributed by atoms with Crippen molar-refractivity contribution in [3.05, 3.63) is 35.9 Å². The third-order valence-electron chi connectivity index (χ3n) is 4.20. The normalized spacial score (nSPS) is 20.3. The zero-order valence-corrected chi connectivity index (χ0v) is 11.2. The molecular weight excluding hydrogens is 236 g/mol. The third kappa shape index (κ3) is 3.35. The van der Waals surface area contributed by atoms with E-state index in [-0.39, 0.29) is 5.91 Å². The van der Waals surface area contributed by atoms with Crippen LogP contribution in [-0.2, 0) is 11.2 Å². The Morgan fingerprint density at radius 2 is 1.74 bits per heavy atom. The van der Waals surface area contributed by atoms with E-state index < -0.39 is 6.04 Å². The molecule has 2 fully saturated rings. The van der Waals surface area contributed by atoms with Gasteiger partial charge in [0.25, 0.3) is 0 Å². The SMILES string of the molecule is NC(Cc1ccccc1)C(=O)NC(C1CC1)C1CC1. The van der Waals surface area contributed by atoms with Crippen molar-refractivity contribution in [1.29, 1.82) is 0 Å². The lowest BCUT2D eigenvalue weighted by Gasteiger charge is -2.20. The Hall–Kier alpha value is -1.35. The van der Waals surface area contributed by atoms with E-state index in [0.717, 1.165) is 17.4 Å². The second-order valence-electron chi connectivity index (χ2n) is 6.01. The average Bonchev–Trinajstić information content (AvgIpc) is 3.30. The molecular formula is C16H22N2O. The fourth-order valence-corrected chi connectivity index (χ4v) is 2.76. The maximum Gasteiger partial charge on any atom is 0.237 e. The number of carbonyl (C=O) groups is 1. The highest BCUT2D eigenvalue weighted by Crippen LogP contribution is 2.44. The molecule has 1 atom stereocenters. The van der Waals surface area contributed by atoms with Crippen LogP contribution >= 0.6 is 0 Å². The Morgan fingerprint density at radius 3 is 2.26 bits per heavy atom. The van der Waals surface area contributed by atoms with Crippen LogP contribution in [0.2, 0.25) is 0 Å². The second kappa shape index (κ2) is 5.33. The van der Waals surface area contributed by atoms with Gasteiger partial charge in [0.05, 0.1) is 6.04 Å². The van der Waals surface area contributed by atoms with Gasteiger partial charge >= 0.3 is 0 Å². The van der Waals surface area contributed by atoms with E-state index in [4.69, 9.17) is 5.73 Å². The Kier molecular flexibility index (Phi) is 3.56. The van der Waals surface area contributed by atoms with Crippen LogP contribution in [-0.4, -0.2) is 18.0 Å². The summed E-state index contributed by atoms with van der Waals surface area (Å²) in [6.07, 6.45) is 5.71. The number of carbonyl (C=O) groups excluding carboxylic acids is 1. The maximum atomic E-state index is 12.2. The molecule has 2 saturated carbocycles. The van der Waals surface area contributed by atoms with Crippen LogP contribution < -0.4 is 11.1 Å². The molecule has 2 aliphatic carbocycles. The van der Waals surface area contributed by atoms with Gasteiger partial charge in [0, 0.05) is 6.04 Å². The predicted molar refractivity (Wildman–Crippen MR) is 75.5 cm³/mol. The molecule has 102 valence electrons. The van der Waals surface area contributed by atoms with Crippen molar-refractivity contribution in [2.45, 2.75) is 44.2 Å². The first-order chi connectivity index (χ1) is 9.24. The quantitative estimate of drug-likeness (QED) is 0.818. The molecule has 0 radical (unpaired) electrons. The van der Waals surface area contributed by atoms with E-state index >= 15 is 0 Å². The number of amides is 1. The summed E-state index contributed by atoms with van der Waals surface area (Å²) >= 11 is 0. The highest BCUT2D eigenvalue weighted by Gasteiger charge is 2.42. The monoisotopic (exact) mass is 258 g/mol.